The maximum absolute atomic E-state index is 11.4. The summed E-state index contributed by atoms with van der Waals surface area (Å²) in [4.78, 5) is 11.8. The fourth-order valence-corrected chi connectivity index (χ4v) is 3.48. The lowest BCUT2D eigenvalue weighted by molar-refractivity contribution is 0.100. The van der Waals surface area contributed by atoms with Gasteiger partial charge in [-0.25, -0.2) is 0 Å². The lowest BCUT2D eigenvalue weighted by Gasteiger charge is -2.24. The summed E-state index contributed by atoms with van der Waals surface area (Å²) in [7, 11) is 0. The predicted molar refractivity (Wildman–Crippen MR) is 83.5 cm³/mol. The van der Waals surface area contributed by atoms with Gasteiger partial charge in [-0.15, -0.1) is 11.3 Å². The van der Waals surface area contributed by atoms with Crippen LogP contribution in [0.3, 0.4) is 0 Å². The zero-order valence-corrected chi connectivity index (χ0v) is 12.9. The molecule has 1 amide bonds. The molecule has 0 atom stereocenters. The molecule has 1 aliphatic rings. The number of ether oxygens (including phenoxy) is 1. The van der Waals surface area contributed by atoms with Gasteiger partial charge in [0.2, 0.25) is 0 Å². The number of amides is 1. The van der Waals surface area contributed by atoms with Gasteiger partial charge in [0.1, 0.15) is 15.6 Å². The number of hydrogen-bond acceptors (Lipinski definition) is 5. The van der Waals surface area contributed by atoms with Gasteiger partial charge in [0.05, 0.1) is 6.10 Å². The molecule has 2 rings (SSSR count). The topological polar surface area (TPSA) is 90.4 Å². The van der Waals surface area contributed by atoms with E-state index in [-0.39, 0.29) is 6.10 Å². The van der Waals surface area contributed by atoms with E-state index in [9.17, 15) is 4.79 Å². The molecule has 0 saturated heterocycles. The third-order valence-corrected chi connectivity index (χ3v) is 4.55. The van der Waals surface area contributed by atoms with Gasteiger partial charge in [0.15, 0.2) is 5.75 Å². The third-order valence-electron chi connectivity index (χ3n) is 3.42. The molecular formula is C14H23N3O2S. The predicted octanol–water partition coefficient (Wildman–Crippen LogP) is 2.96. The molecule has 1 fully saturated rings. The number of carbonyl (C=O) groups is 1. The summed E-state index contributed by atoms with van der Waals surface area (Å²) >= 11 is 1.29. The Morgan fingerprint density at radius 2 is 2.00 bits per heavy atom. The van der Waals surface area contributed by atoms with E-state index >= 15 is 0 Å². The Morgan fingerprint density at radius 3 is 2.55 bits per heavy atom. The second kappa shape index (κ2) is 6.35. The minimum atomic E-state index is -0.502. The van der Waals surface area contributed by atoms with Crippen molar-refractivity contribution in [1.29, 1.82) is 0 Å². The fraction of sp³-hybridized carbons (Fsp3) is 0.643. The molecule has 0 bridgehead atoms. The summed E-state index contributed by atoms with van der Waals surface area (Å²) in [6.07, 6.45) is 6.06. The first-order valence-corrected chi connectivity index (χ1v) is 7.96. The first-order valence-electron chi connectivity index (χ1n) is 7.14. The van der Waals surface area contributed by atoms with E-state index in [1.165, 1.54) is 30.6 Å². The molecule has 0 unspecified atom stereocenters. The average Bonchev–Trinajstić information content (AvgIpc) is 2.68. The van der Waals surface area contributed by atoms with Crippen LogP contribution in [-0.2, 0) is 0 Å². The molecule has 0 radical (unpaired) electrons. The van der Waals surface area contributed by atoms with Crippen LogP contribution in [0.4, 0.5) is 10.7 Å². The number of primary amides is 1. The highest BCUT2D eigenvalue weighted by atomic mass is 32.1. The van der Waals surface area contributed by atoms with Crippen molar-refractivity contribution in [3.63, 3.8) is 0 Å². The van der Waals surface area contributed by atoms with E-state index in [1.807, 2.05) is 13.8 Å². The number of hydrogen-bond donors (Lipinski definition) is 3. The van der Waals surface area contributed by atoms with Crippen LogP contribution in [0.15, 0.2) is 0 Å². The molecule has 0 aliphatic heterocycles. The minimum Gasteiger partial charge on any atom is -0.486 e. The number of nitrogens with two attached hydrogens (primary N) is 2. The number of thiophene rings is 1. The number of nitrogen functional groups attached to an aromatic ring is 1. The molecule has 1 heterocycles. The summed E-state index contributed by atoms with van der Waals surface area (Å²) in [5, 5.41) is 4.31. The molecular weight excluding hydrogens is 274 g/mol. The smallest absolute Gasteiger partial charge is 0.261 e. The molecule has 1 aromatic rings. The zero-order valence-electron chi connectivity index (χ0n) is 12.1. The van der Waals surface area contributed by atoms with Crippen LogP contribution in [0, 0.1) is 0 Å². The van der Waals surface area contributed by atoms with Crippen molar-refractivity contribution in [3.8, 4) is 5.75 Å². The van der Waals surface area contributed by atoms with Crippen molar-refractivity contribution in [2.75, 3.05) is 11.1 Å². The molecule has 5 N–H and O–H groups in total. The van der Waals surface area contributed by atoms with E-state index in [0.717, 1.165) is 17.8 Å². The maximum atomic E-state index is 11.4. The Morgan fingerprint density at radius 1 is 1.35 bits per heavy atom. The van der Waals surface area contributed by atoms with Crippen LogP contribution < -0.4 is 21.5 Å². The van der Waals surface area contributed by atoms with Gasteiger partial charge in [-0.2, -0.15) is 0 Å². The van der Waals surface area contributed by atoms with E-state index in [2.05, 4.69) is 5.32 Å². The maximum Gasteiger partial charge on any atom is 0.261 e. The summed E-state index contributed by atoms with van der Waals surface area (Å²) in [6.45, 7) is 3.87. The van der Waals surface area contributed by atoms with Crippen molar-refractivity contribution < 1.29 is 9.53 Å². The molecule has 1 aliphatic carbocycles. The van der Waals surface area contributed by atoms with E-state index in [0.29, 0.717) is 22.4 Å². The third kappa shape index (κ3) is 3.36. The number of anilines is 2. The van der Waals surface area contributed by atoms with Gasteiger partial charge in [0, 0.05) is 6.04 Å². The van der Waals surface area contributed by atoms with Crippen LogP contribution in [0.2, 0.25) is 0 Å². The summed E-state index contributed by atoms with van der Waals surface area (Å²) in [5.41, 5.74) is 11.7. The highest BCUT2D eigenvalue weighted by Crippen LogP contribution is 2.44. The van der Waals surface area contributed by atoms with Crippen LogP contribution >= 0.6 is 11.3 Å². The minimum absolute atomic E-state index is 0.000433. The zero-order chi connectivity index (χ0) is 14.7. The molecule has 5 nitrogen and oxygen atoms in total. The van der Waals surface area contributed by atoms with Crippen molar-refractivity contribution in [2.24, 2.45) is 5.73 Å². The van der Waals surface area contributed by atoms with Crippen LogP contribution in [0.1, 0.15) is 55.6 Å². The standard InChI is InChI=1S/C14H23N3O2S/c1-8(2)19-11-10(15)12(13(16)18)20-14(11)17-9-6-4-3-5-7-9/h8-9,17H,3-7,15H2,1-2H3,(H2,16,18). The Balaban J connectivity index is 2.24. The molecule has 112 valence electrons. The Bertz CT molecular complexity index is 479. The molecule has 0 aromatic carbocycles. The summed E-state index contributed by atoms with van der Waals surface area (Å²) in [6, 6.07) is 0.428. The van der Waals surface area contributed by atoms with Gasteiger partial charge in [-0.1, -0.05) is 19.3 Å². The lowest BCUT2D eigenvalue weighted by Crippen LogP contribution is -2.22. The largest absolute Gasteiger partial charge is 0.486 e. The van der Waals surface area contributed by atoms with Crippen LogP contribution in [-0.4, -0.2) is 18.1 Å². The van der Waals surface area contributed by atoms with Gasteiger partial charge in [-0.05, 0) is 26.7 Å². The summed E-state index contributed by atoms with van der Waals surface area (Å²) < 4.78 is 5.76. The average molecular weight is 297 g/mol. The second-order valence-corrected chi connectivity index (χ2v) is 6.53. The number of carbonyl (C=O) groups excluding carboxylic acids is 1. The Kier molecular flexibility index (Phi) is 4.75. The first-order chi connectivity index (χ1) is 9.49. The van der Waals surface area contributed by atoms with E-state index in [4.69, 9.17) is 16.2 Å². The normalized spacial score (nSPS) is 16.4. The fourth-order valence-electron chi connectivity index (χ4n) is 2.49. The Labute approximate surface area is 123 Å². The Hall–Kier alpha value is -1.43. The molecule has 20 heavy (non-hydrogen) atoms. The molecule has 0 spiro atoms. The summed E-state index contributed by atoms with van der Waals surface area (Å²) in [5.74, 6) is 0.0715. The van der Waals surface area contributed by atoms with Crippen molar-refractivity contribution in [1.82, 2.24) is 0 Å². The second-order valence-electron chi connectivity index (χ2n) is 5.51. The highest BCUT2D eigenvalue weighted by Gasteiger charge is 2.24. The van der Waals surface area contributed by atoms with Gasteiger partial charge < -0.3 is 21.5 Å². The van der Waals surface area contributed by atoms with Gasteiger partial charge in [-0.3, -0.25) is 4.79 Å². The lowest BCUT2D eigenvalue weighted by atomic mass is 9.96. The van der Waals surface area contributed by atoms with Crippen LogP contribution in [0.5, 0.6) is 5.75 Å². The van der Waals surface area contributed by atoms with Crippen molar-refractivity contribution in [2.45, 2.75) is 58.1 Å². The quantitative estimate of drug-likeness (QED) is 0.779. The first kappa shape index (κ1) is 15.0. The van der Waals surface area contributed by atoms with Gasteiger partial charge >= 0.3 is 0 Å². The van der Waals surface area contributed by atoms with Crippen LogP contribution in [0.25, 0.3) is 0 Å². The number of nitrogens with one attached hydrogen (secondary N) is 1. The highest BCUT2D eigenvalue weighted by molar-refractivity contribution is 7.19. The van der Waals surface area contributed by atoms with Crippen molar-refractivity contribution in [3.05, 3.63) is 4.88 Å². The van der Waals surface area contributed by atoms with E-state index in [1.54, 1.807) is 0 Å². The SMILES string of the molecule is CC(C)Oc1c(NC2CCCCC2)sc(C(N)=O)c1N. The van der Waals surface area contributed by atoms with E-state index < -0.39 is 5.91 Å². The number of rotatable bonds is 5. The van der Waals surface area contributed by atoms with Crippen molar-refractivity contribution >= 4 is 27.9 Å². The monoisotopic (exact) mass is 297 g/mol. The van der Waals surface area contributed by atoms with Gasteiger partial charge in [0.25, 0.3) is 5.91 Å². The molecule has 1 aromatic heterocycles. The molecule has 1 saturated carbocycles. The molecule has 6 heteroatoms.